The fourth-order valence-electron chi connectivity index (χ4n) is 4.35. The van der Waals surface area contributed by atoms with Gasteiger partial charge in [-0.25, -0.2) is 4.39 Å². The van der Waals surface area contributed by atoms with Gasteiger partial charge in [-0.05, 0) is 25.6 Å². The molecule has 3 aliphatic rings. The van der Waals surface area contributed by atoms with Gasteiger partial charge in [0.25, 0.3) is 5.91 Å². The number of carbonyl (C=O) groups is 4. The zero-order valence-corrected chi connectivity index (χ0v) is 16.7. The van der Waals surface area contributed by atoms with Gasteiger partial charge >= 0.3 is 0 Å². The summed E-state index contributed by atoms with van der Waals surface area (Å²) in [6, 6.07) is 1.87. The standard InChI is InChI=1S/C20H24FN5O4/c1-22-10-18(28)25-6-4-24(5-7-25)16-9-12(21)8-13-14(16)11-26(20(13)30)15-2-3-17(27)23-19(15)29/h8-9,15,22H,2-7,10-11H2,1H3,(H,23,27,29). The molecule has 0 aromatic heterocycles. The molecule has 2 saturated heterocycles. The first-order chi connectivity index (χ1) is 14.4. The van der Waals surface area contributed by atoms with Gasteiger partial charge < -0.3 is 20.0 Å². The van der Waals surface area contributed by atoms with E-state index in [1.165, 1.54) is 17.0 Å². The molecule has 0 bridgehead atoms. The van der Waals surface area contributed by atoms with Gasteiger partial charge in [0.15, 0.2) is 0 Å². The van der Waals surface area contributed by atoms with Crippen LogP contribution in [0.15, 0.2) is 12.1 Å². The SMILES string of the molecule is CNCC(=O)N1CCN(c2cc(F)cc3c2CN(C2CCC(=O)NC2=O)C3=O)CC1. The average Bonchev–Trinajstić information content (AvgIpc) is 3.04. The minimum absolute atomic E-state index is 0.0147. The van der Waals surface area contributed by atoms with Crippen LogP contribution in [-0.4, -0.2) is 79.2 Å². The first-order valence-corrected chi connectivity index (χ1v) is 10.0. The summed E-state index contributed by atoms with van der Waals surface area (Å²) in [5, 5.41) is 5.12. The number of hydrogen-bond donors (Lipinski definition) is 2. The van der Waals surface area contributed by atoms with Crippen molar-refractivity contribution in [2.75, 3.05) is 44.7 Å². The third-order valence-corrected chi connectivity index (χ3v) is 5.90. The number of rotatable bonds is 4. The van der Waals surface area contributed by atoms with Crippen LogP contribution in [0.2, 0.25) is 0 Å². The molecule has 0 aliphatic carbocycles. The van der Waals surface area contributed by atoms with Crippen molar-refractivity contribution < 1.29 is 23.6 Å². The van der Waals surface area contributed by atoms with Crippen LogP contribution in [0.5, 0.6) is 0 Å². The van der Waals surface area contributed by atoms with E-state index in [0.717, 1.165) is 0 Å². The van der Waals surface area contributed by atoms with Crippen LogP contribution in [0.3, 0.4) is 0 Å². The van der Waals surface area contributed by atoms with Crippen molar-refractivity contribution in [3.63, 3.8) is 0 Å². The summed E-state index contributed by atoms with van der Waals surface area (Å²) < 4.78 is 14.4. The summed E-state index contributed by atoms with van der Waals surface area (Å²) in [7, 11) is 1.72. The number of halogens is 1. The second kappa shape index (κ2) is 8.02. The molecular weight excluding hydrogens is 393 g/mol. The van der Waals surface area contributed by atoms with Gasteiger partial charge in [0.2, 0.25) is 17.7 Å². The van der Waals surface area contributed by atoms with E-state index in [1.54, 1.807) is 11.9 Å². The monoisotopic (exact) mass is 417 g/mol. The second-order valence-electron chi connectivity index (χ2n) is 7.75. The number of nitrogens with one attached hydrogen (secondary N) is 2. The van der Waals surface area contributed by atoms with Gasteiger partial charge in [0.1, 0.15) is 11.9 Å². The molecule has 9 nitrogen and oxygen atoms in total. The molecule has 0 spiro atoms. The number of anilines is 1. The molecule has 30 heavy (non-hydrogen) atoms. The van der Waals surface area contributed by atoms with Crippen molar-refractivity contribution in [1.82, 2.24) is 20.4 Å². The molecule has 3 aliphatic heterocycles. The summed E-state index contributed by atoms with van der Waals surface area (Å²) in [4.78, 5) is 53.8. The van der Waals surface area contributed by atoms with E-state index in [0.29, 0.717) is 37.4 Å². The maximum Gasteiger partial charge on any atom is 0.255 e. The molecule has 1 aromatic rings. The number of benzene rings is 1. The molecule has 0 radical (unpaired) electrons. The zero-order valence-electron chi connectivity index (χ0n) is 16.7. The lowest BCUT2D eigenvalue weighted by Crippen LogP contribution is -2.52. The molecule has 3 heterocycles. The predicted octanol–water partition coefficient (Wildman–Crippen LogP) is -0.545. The van der Waals surface area contributed by atoms with Gasteiger partial charge in [0.05, 0.1) is 6.54 Å². The van der Waals surface area contributed by atoms with E-state index < -0.39 is 23.7 Å². The second-order valence-corrected chi connectivity index (χ2v) is 7.75. The van der Waals surface area contributed by atoms with Crippen LogP contribution in [0.25, 0.3) is 0 Å². The van der Waals surface area contributed by atoms with Crippen LogP contribution in [-0.2, 0) is 20.9 Å². The molecule has 2 N–H and O–H groups in total. The Balaban J connectivity index is 1.54. The van der Waals surface area contributed by atoms with E-state index in [-0.39, 0.29) is 43.3 Å². The summed E-state index contributed by atoms with van der Waals surface area (Å²) in [6.07, 6.45) is 0.425. The van der Waals surface area contributed by atoms with E-state index in [9.17, 15) is 23.6 Å². The van der Waals surface area contributed by atoms with Crippen molar-refractivity contribution in [2.45, 2.75) is 25.4 Å². The normalized spacial score (nSPS) is 21.7. The Bertz CT molecular complexity index is 913. The third kappa shape index (κ3) is 3.62. The fourth-order valence-corrected chi connectivity index (χ4v) is 4.35. The Kier molecular flexibility index (Phi) is 5.42. The Morgan fingerprint density at radius 1 is 1.20 bits per heavy atom. The van der Waals surface area contributed by atoms with Crippen LogP contribution in [0.4, 0.5) is 10.1 Å². The maximum atomic E-state index is 14.4. The summed E-state index contributed by atoms with van der Waals surface area (Å²) in [6.45, 7) is 2.53. The maximum absolute atomic E-state index is 14.4. The minimum atomic E-state index is -0.741. The highest BCUT2D eigenvalue weighted by molar-refractivity contribution is 6.06. The lowest BCUT2D eigenvalue weighted by atomic mass is 10.0. The van der Waals surface area contributed by atoms with E-state index >= 15 is 0 Å². The molecule has 1 atom stereocenters. The summed E-state index contributed by atoms with van der Waals surface area (Å²) >= 11 is 0. The van der Waals surface area contributed by atoms with Gasteiger partial charge in [-0.2, -0.15) is 0 Å². The van der Waals surface area contributed by atoms with Crippen molar-refractivity contribution >= 4 is 29.3 Å². The molecular formula is C20H24FN5O4. The quantitative estimate of drug-likeness (QED) is 0.638. The Labute approximate surface area is 173 Å². The molecule has 0 saturated carbocycles. The van der Waals surface area contributed by atoms with Crippen LogP contribution in [0.1, 0.15) is 28.8 Å². The van der Waals surface area contributed by atoms with E-state index in [1.807, 2.05) is 4.90 Å². The highest BCUT2D eigenvalue weighted by Crippen LogP contribution is 2.35. The molecule has 10 heteroatoms. The number of carbonyl (C=O) groups excluding carboxylic acids is 4. The van der Waals surface area contributed by atoms with Crippen molar-refractivity contribution in [1.29, 1.82) is 0 Å². The Morgan fingerprint density at radius 3 is 2.60 bits per heavy atom. The Morgan fingerprint density at radius 2 is 1.93 bits per heavy atom. The van der Waals surface area contributed by atoms with Crippen molar-refractivity contribution in [3.05, 3.63) is 29.1 Å². The number of likely N-dealkylation sites (N-methyl/N-ethyl adjacent to an activating group) is 1. The van der Waals surface area contributed by atoms with Crippen molar-refractivity contribution in [3.8, 4) is 0 Å². The average molecular weight is 417 g/mol. The van der Waals surface area contributed by atoms with Crippen molar-refractivity contribution in [2.24, 2.45) is 0 Å². The molecule has 1 unspecified atom stereocenters. The largest absolute Gasteiger partial charge is 0.368 e. The number of piperidine rings is 1. The Hall–Kier alpha value is -3.01. The molecule has 4 rings (SSSR count). The lowest BCUT2D eigenvalue weighted by molar-refractivity contribution is -0.137. The number of imide groups is 1. The molecule has 1 aromatic carbocycles. The predicted molar refractivity (Wildman–Crippen MR) is 105 cm³/mol. The summed E-state index contributed by atoms with van der Waals surface area (Å²) in [5.74, 6) is -1.75. The van der Waals surface area contributed by atoms with Gasteiger partial charge in [-0.1, -0.05) is 0 Å². The van der Waals surface area contributed by atoms with E-state index in [2.05, 4.69) is 10.6 Å². The summed E-state index contributed by atoms with van der Waals surface area (Å²) in [5.41, 5.74) is 1.55. The number of fused-ring (bicyclic) bond motifs is 1. The van der Waals surface area contributed by atoms with Crippen LogP contribution in [0, 0.1) is 5.82 Å². The highest BCUT2D eigenvalue weighted by atomic mass is 19.1. The number of hydrogen-bond acceptors (Lipinski definition) is 6. The lowest BCUT2D eigenvalue weighted by Gasteiger charge is -2.37. The van der Waals surface area contributed by atoms with Gasteiger partial charge in [0, 0.05) is 56.0 Å². The zero-order chi connectivity index (χ0) is 21.4. The highest BCUT2D eigenvalue weighted by Gasteiger charge is 2.41. The third-order valence-electron chi connectivity index (χ3n) is 5.90. The minimum Gasteiger partial charge on any atom is -0.368 e. The first kappa shape index (κ1) is 20.3. The number of amides is 4. The topological polar surface area (TPSA) is 102 Å². The molecule has 160 valence electrons. The fraction of sp³-hybridized carbons (Fsp3) is 0.500. The van der Waals surface area contributed by atoms with Gasteiger partial charge in [-0.15, -0.1) is 0 Å². The van der Waals surface area contributed by atoms with Crippen LogP contribution < -0.4 is 15.5 Å². The molecule has 4 amide bonds. The number of piperazine rings is 1. The molecule has 2 fully saturated rings. The first-order valence-electron chi connectivity index (χ1n) is 10.0. The van der Waals surface area contributed by atoms with Gasteiger partial charge in [-0.3, -0.25) is 24.5 Å². The van der Waals surface area contributed by atoms with E-state index in [4.69, 9.17) is 0 Å². The smallest absolute Gasteiger partial charge is 0.255 e. The number of nitrogens with zero attached hydrogens (tertiary/aromatic N) is 3. The van der Waals surface area contributed by atoms with Crippen LogP contribution >= 0.6 is 0 Å².